The summed E-state index contributed by atoms with van der Waals surface area (Å²) < 4.78 is 11.2. The lowest BCUT2D eigenvalue weighted by Gasteiger charge is -2.19. The van der Waals surface area contributed by atoms with Crippen LogP contribution in [0, 0.1) is 13.8 Å². The summed E-state index contributed by atoms with van der Waals surface area (Å²) in [5, 5.41) is 4.68. The summed E-state index contributed by atoms with van der Waals surface area (Å²) in [7, 11) is 0. The number of ether oxygens (including phenoxy) is 2. The van der Waals surface area contributed by atoms with Gasteiger partial charge in [-0.2, -0.15) is 0 Å². The highest BCUT2D eigenvalue weighted by Crippen LogP contribution is 2.34. The number of nitrogens with one attached hydrogen (secondary N) is 2. The first-order valence-corrected chi connectivity index (χ1v) is 7.79. The van der Waals surface area contributed by atoms with Crippen molar-refractivity contribution >= 4 is 22.3 Å². The fourth-order valence-corrected chi connectivity index (χ4v) is 2.97. The van der Waals surface area contributed by atoms with Crippen LogP contribution in [0.15, 0.2) is 42.5 Å². The molecule has 0 saturated carbocycles. The van der Waals surface area contributed by atoms with Crippen molar-refractivity contribution in [1.82, 2.24) is 0 Å². The van der Waals surface area contributed by atoms with Gasteiger partial charge in [0.2, 0.25) is 5.52 Å². The van der Waals surface area contributed by atoms with E-state index in [2.05, 4.69) is 48.4 Å². The molecule has 1 aliphatic heterocycles. The molecule has 1 aromatic heterocycles. The van der Waals surface area contributed by atoms with Gasteiger partial charge in [0, 0.05) is 30.3 Å². The molecule has 4 nitrogen and oxygen atoms in total. The summed E-state index contributed by atoms with van der Waals surface area (Å²) in [6.45, 7) is 5.39. The molecular formula is C19H19N2O2+. The third-order valence-corrected chi connectivity index (χ3v) is 4.07. The quantitative estimate of drug-likeness (QED) is 0.783. The van der Waals surface area contributed by atoms with Crippen LogP contribution in [0.1, 0.15) is 11.3 Å². The van der Waals surface area contributed by atoms with Crippen molar-refractivity contribution in [2.75, 3.05) is 18.5 Å². The molecule has 1 aliphatic rings. The van der Waals surface area contributed by atoms with E-state index in [1.165, 1.54) is 10.9 Å². The van der Waals surface area contributed by atoms with Gasteiger partial charge in [-0.1, -0.05) is 12.1 Å². The summed E-state index contributed by atoms with van der Waals surface area (Å²) in [6, 6.07) is 14.4. The minimum absolute atomic E-state index is 0.595. The predicted molar refractivity (Wildman–Crippen MR) is 90.7 cm³/mol. The van der Waals surface area contributed by atoms with Crippen molar-refractivity contribution in [2.45, 2.75) is 13.8 Å². The zero-order valence-electron chi connectivity index (χ0n) is 13.3. The number of fused-ring (bicyclic) bond motifs is 2. The van der Waals surface area contributed by atoms with E-state index in [1.54, 1.807) is 0 Å². The summed E-state index contributed by atoms with van der Waals surface area (Å²) in [4.78, 5) is 3.45. The summed E-state index contributed by atoms with van der Waals surface area (Å²) in [6.07, 6.45) is 0. The largest absolute Gasteiger partial charge is 0.486 e. The molecule has 0 saturated heterocycles. The fourth-order valence-electron chi connectivity index (χ4n) is 2.97. The molecule has 116 valence electrons. The monoisotopic (exact) mass is 307 g/mol. The number of aromatic nitrogens is 1. The number of para-hydroxylation sites is 1. The number of aryl methyl sites for hydroxylation is 2. The van der Waals surface area contributed by atoms with E-state index in [0.29, 0.717) is 13.2 Å². The highest BCUT2D eigenvalue weighted by molar-refractivity contribution is 5.92. The average Bonchev–Trinajstić information content (AvgIpc) is 2.56. The second-order valence-electron chi connectivity index (χ2n) is 5.85. The molecule has 0 bridgehead atoms. The van der Waals surface area contributed by atoms with Crippen LogP contribution < -0.4 is 19.8 Å². The number of benzene rings is 2. The van der Waals surface area contributed by atoms with Gasteiger partial charge < -0.3 is 14.8 Å². The molecule has 0 unspecified atom stereocenters. The zero-order valence-corrected chi connectivity index (χ0v) is 13.3. The summed E-state index contributed by atoms with van der Waals surface area (Å²) in [5.41, 5.74) is 5.58. The lowest BCUT2D eigenvalue weighted by molar-refractivity contribution is -0.354. The Kier molecular flexibility index (Phi) is 3.30. The maximum Gasteiger partial charge on any atom is 0.216 e. The number of hydrogen-bond acceptors (Lipinski definition) is 3. The third kappa shape index (κ3) is 2.57. The molecule has 2 heterocycles. The molecule has 0 amide bonds. The molecule has 0 fully saturated rings. The van der Waals surface area contributed by atoms with Crippen molar-refractivity contribution < 1.29 is 14.5 Å². The van der Waals surface area contributed by atoms with Gasteiger partial charge in [0.25, 0.3) is 0 Å². The molecule has 0 atom stereocenters. The second kappa shape index (κ2) is 5.47. The van der Waals surface area contributed by atoms with Crippen molar-refractivity contribution in [3.63, 3.8) is 0 Å². The first kappa shape index (κ1) is 13.9. The number of hydrogen-bond donors (Lipinski definition) is 1. The Morgan fingerprint density at radius 2 is 1.78 bits per heavy atom. The average molecular weight is 307 g/mol. The molecule has 23 heavy (non-hydrogen) atoms. The topological polar surface area (TPSA) is 44.6 Å². The SMILES string of the molecule is Cc1cc(Nc2ccc3c(c2)OCCO3)c2cccc(C)c2[nH+]1. The minimum Gasteiger partial charge on any atom is -0.486 e. The predicted octanol–water partition coefficient (Wildman–Crippen LogP) is 3.79. The highest BCUT2D eigenvalue weighted by atomic mass is 16.6. The molecule has 2 aromatic carbocycles. The van der Waals surface area contributed by atoms with Gasteiger partial charge in [-0.3, -0.25) is 0 Å². The standard InChI is InChI=1S/C19H18N2O2/c1-12-4-3-5-15-16(10-13(2)20-19(12)15)21-14-6-7-17-18(11-14)23-9-8-22-17/h3-7,10-11H,8-9H2,1-2H3,(H,20,21)/p+1. The normalized spacial score (nSPS) is 13.1. The smallest absolute Gasteiger partial charge is 0.216 e. The van der Waals surface area contributed by atoms with Crippen molar-refractivity contribution in [2.24, 2.45) is 0 Å². The van der Waals surface area contributed by atoms with Crippen LogP contribution in [0.5, 0.6) is 11.5 Å². The maximum absolute atomic E-state index is 5.66. The minimum atomic E-state index is 0.595. The fraction of sp³-hybridized carbons (Fsp3) is 0.211. The van der Waals surface area contributed by atoms with E-state index in [-0.39, 0.29) is 0 Å². The number of rotatable bonds is 2. The van der Waals surface area contributed by atoms with Gasteiger partial charge >= 0.3 is 0 Å². The first-order valence-electron chi connectivity index (χ1n) is 7.79. The van der Waals surface area contributed by atoms with Crippen LogP contribution in [0.3, 0.4) is 0 Å². The van der Waals surface area contributed by atoms with E-state index in [9.17, 15) is 0 Å². The number of aromatic amines is 1. The Labute approximate surface area is 135 Å². The molecule has 0 spiro atoms. The van der Waals surface area contributed by atoms with Gasteiger partial charge in [0.05, 0.1) is 11.1 Å². The Bertz CT molecular complexity index is 890. The van der Waals surface area contributed by atoms with E-state index < -0.39 is 0 Å². The van der Waals surface area contributed by atoms with Crippen molar-refractivity contribution in [3.05, 3.63) is 53.7 Å². The Morgan fingerprint density at radius 1 is 0.957 bits per heavy atom. The summed E-state index contributed by atoms with van der Waals surface area (Å²) >= 11 is 0. The number of H-pyrrole nitrogens is 1. The Balaban J connectivity index is 1.77. The Hall–Kier alpha value is -2.75. The van der Waals surface area contributed by atoms with Crippen molar-refractivity contribution in [3.8, 4) is 11.5 Å². The maximum atomic E-state index is 5.66. The molecular weight excluding hydrogens is 288 g/mol. The second-order valence-corrected chi connectivity index (χ2v) is 5.85. The van der Waals surface area contributed by atoms with Crippen LogP contribution in [0.25, 0.3) is 10.9 Å². The molecule has 0 aliphatic carbocycles. The third-order valence-electron chi connectivity index (χ3n) is 4.07. The Morgan fingerprint density at radius 3 is 2.65 bits per heavy atom. The van der Waals surface area contributed by atoms with E-state index >= 15 is 0 Å². The van der Waals surface area contributed by atoms with Crippen LogP contribution in [0.2, 0.25) is 0 Å². The van der Waals surface area contributed by atoms with Gasteiger partial charge in [0.1, 0.15) is 13.2 Å². The zero-order chi connectivity index (χ0) is 15.8. The van der Waals surface area contributed by atoms with Crippen molar-refractivity contribution in [1.29, 1.82) is 0 Å². The molecule has 4 heteroatoms. The van der Waals surface area contributed by atoms with Gasteiger partial charge in [-0.15, -0.1) is 0 Å². The number of anilines is 2. The van der Waals surface area contributed by atoms with Crippen LogP contribution >= 0.6 is 0 Å². The lowest BCUT2D eigenvalue weighted by atomic mass is 10.1. The van der Waals surface area contributed by atoms with Gasteiger partial charge in [0.15, 0.2) is 17.2 Å². The molecule has 0 radical (unpaired) electrons. The molecule has 4 rings (SSSR count). The van der Waals surface area contributed by atoms with Gasteiger partial charge in [-0.25, -0.2) is 4.98 Å². The van der Waals surface area contributed by atoms with E-state index in [0.717, 1.165) is 34.1 Å². The van der Waals surface area contributed by atoms with Gasteiger partial charge in [-0.05, 0) is 25.1 Å². The first-order chi connectivity index (χ1) is 11.2. The number of pyridine rings is 1. The van der Waals surface area contributed by atoms with E-state index in [1.807, 2.05) is 18.2 Å². The van der Waals surface area contributed by atoms with E-state index in [4.69, 9.17) is 9.47 Å². The van der Waals surface area contributed by atoms with Crippen LogP contribution in [-0.4, -0.2) is 13.2 Å². The molecule has 3 aromatic rings. The lowest BCUT2D eigenvalue weighted by Crippen LogP contribution is -2.15. The van der Waals surface area contributed by atoms with Crippen LogP contribution in [0.4, 0.5) is 11.4 Å². The summed E-state index contributed by atoms with van der Waals surface area (Å²) in [5.74, 6) is 1.60. The molecule has 2 N–H and O–H groups in total. The van der Waals surface area contributed by atoms with Crippen LogP contribution in [-0.2, 0) is 0 Å². The highest BCUT2D eigenvalue weighted by Gasteiger charge is 2.14.